The molecule has 1 N–H and O–H groups in total. The number of rotatable bonds is 1. The highest BCUT2D eigenvalue weighted by Crippen LogP contribution is 2.40. The van der Waals surface area contributed by atoms with Gasteiger partial charge in [0.05, 0.1) is 0 Å². The van der Waals surface area contributed by atoms with Crippen LogP contribution in [-0.4, -0.2) is 5.11 Å². The first-order chi connectivity index (χ1) is 6.36. The molecule has 0 atom stereocenters. The van der Waals surface area contributed by atoms with Crippen molar-refractivity contribution in [2.45, 2.75) is 24.1 Å². The lowest BCUT2D eigenvalue weighted by Gasteiger charge is -2.15. The minimum absolute atomic E-state index is 0.283. The monoisotopic (exact) mass is 252 g/mol. The standard InChI is InChI=1S/C10H11Cl3O/c1-3-7-5-8(10(11,12)13)4-6(2)9(7)14/h4-5,14H,3H2,1-2H3. The van der Waals surface area contributed by atoms with Crippen LogP contribution in [0, 0.1) is 6.92 Å². The SMILES string of the molecule is CCc1cc(C(Cl)(Cl)Cl)cc(C)c1O. The number of benzene rings is 1. The third-order valence-electron chi connectivity index (χ3n) is 2.09. The predicted molar refractivity (Wildman–Crippen MR) is 61.5 cm³/mol. The molecule has 14 heavy (non-hydrogen) atoms. The van der Waals surface area contributed by atoms with Crippen LogP contribution in [0.1, 0.15) is 23.6 Å². The first-order valence-corrected chi connectivity index (χ1v) is 5.39. The van der Waals surface area contributed by atoms with Gasteiger partial charge in [0.15, 0.2) is 0 Å². The van der Waals surface area contributed by atoms with E-state index in [1.807, 2.05) is 6.92 Å². The Morgan fingerprint density at radius 2 is 1.86 bits per heavy atom. The Balaban J connectivity index is 3.30. The summed E-state index contributed by atoms with van der Waals surface area (Å²) in [5.74, 6) is 0.283. The lowest BCUT2D eigenvalue weighted by molar-refractivity contribution is 0.464. The van der Waals surface area contributed by atoms with Crippen molar-refractivity contribution in [3.8, 4) is 5.75 Å². The summed E-state index contributed by atoms with van der Waals surface area (Å²) < 4.78 is -1.43. The quantitative estimate of drug-likeness (QED) is 0.748. The normalized spacial score (nSPS) is 11.8. The molecule has 0 fully saturated rings. The van der Waals surface area contributed by atoms with Crippen molar-refractivity contribution in [1.29, 1.82) is 0 Å². The minimum atomic E-state index is -1.43. The van der Waals surface area contributed by atoms with Gasteiger partial charge in [-0.2, -0.15) is 0 Å². The molecule has 0 aliphatic rings. The van der Waals surface area contributed by atoms with Gasteiger partial charge in [0.1, 0.15) is 5.75 Å². The van der Waals surface area contributed by atoms with E-state index in [4.69, 9.17) is 34.8 Å². The van der Waals surface area contributed by atoms with Crippen LogP contribution in [0.3, 0.4) is 0 Å². The van der Waals surface area contributed by atoms with Gasteiger partial charge in [-0.1, -0.05) is 41.7 Å². The van der Waals surface area contributed by atoms with Crippen molar-refractivity contribution >= 4 is 34.8 Å². The lowest BCUT2D eigenvalue weighted by atomic mass is 10.0. The topological polar surface area (TPSA) is 20.2 Å². The highest BCUT2D eigenvalue weighted by Gasteiger charge is 2.24. The number of hydrogen-bond donors (Lipinski definition) is 1. The largest absolute Gasteiger partial charge is 0.507 e. The van der Waals surface area contributed by atoms with Crippen LogP contribution >= 0.6 is 34.8 Å². The fourth-order valence-corrected chi connectivity index (χ4v) is 1.61. The van der Waals surface area contributed by atoms with E-state index in [1.54, 1.807) is 19.1 Å². The van der Waals surface area contributed by atoms with Crippen LogP contribution in [0.15, 0.2) is 12.1 Å². The summed E-state index contributed by atoms with van der Waals surface area (Å²) in [5, 5.41) is 9.66. The van der Waals surface area contributed by atoms with Crippen molar-refractivity contribution in [2.24, 2.45) is 0 Å². The Morgan fingerprint density at radius 1 is 1.29 bits per heavy atom. The van der Waals surface area contributed by atoms with Gasteiger partial charge >= 0.3 is 0 Å². The molecule has 0 bridgehead atoms. The minimum Gasteiger partial charge on any atom is -0.507 e. The Hall–Kier alpha value is -0.110. The Kier molecular flexibility index (Phi) is 3.57. The van der Waals surface area contributed by atoms with Gasteiger partial charge in [-0.3, -0.25) is 0 Å². The average molecular weight is 254 g/mol. The van der Waals surface area contributed by atoms with Crippen LogP contribution in [0.2, 0.25) is 0 Å². The summed E-state index contributed by atoms with van der Waals surface area (Å²) in [6.07, 6.45) is 0.710. The summed E-state index contributed by atoms with van der Waals surface area (Å²) in [5.41, 5.74) is 2.12. The number of alkyl halides is 3. The van der Waals surface area contributed by atoms with Crippen LogP contribution in [-0.2, 0) is 10.2 Å². The number of aryl methyl sites for hydroxylation is 2. The van der Waals surface area contributed by atoms with E-state index in [1.165, 1.54) is 0 Å². The molecule has 0 saturated heterocycles. The molecule has 0 spiro atoms. The molecule has 78 valence electrons. The molecular formula is C10H11Cl3O. The highest BCUT2D eigenvalue weighted by atomic mass is 35.6. The van der Waals surface area contributed by atoms with E-state index in [9.17, 15) is 5.11 Å². The predicted octanol–water partition coefficient (Wildman–Crippen LogP) is 4.09. The number of halogens is 3. The molecule has 0 aliphatic heterocycles. The molecule has 0 unspecified atom stereocenters. The van der Waals surface area contributed by atoms with Gasteiger partial charge in [0.2, 0.25) is 3.79 Å². The van der Waals surface area contributed by atoms with Gasteiger partial charge in [-0.25, -0.2) is 0 Å². The van der Waals surface area contributed by atoms with Crippen LogP contribution < -0.4 is 0 Å². The van der Waals surface area contributed by atoms with Crippen molar-refractivity contribution in [3.05, 3.63) is 28.8 Å². The smallest absolute Gasteiger partial charge is 0.216 e. The maximum Gasteiger partial charge on any atom is 0.216 e. The molecular weight excluding hydrogens is 242 g/mol. The fourth-order valence-electron chi connectivity index (χ4n) is 1.29. The first-order valence-electron chi connectivity index (χ1n) is 4.26. The maximum absolute atomic E-state index is 9.66. The molecule has 1 aromatic carbocycles. The summed E-state index contributed by atoms with van der Waals surface area (Å²) >= 11 is 17.3. The number of aromatic hydroxyl groups is 1. The van der Waals surface area contributed by atoms with Crippen molar-refractivity contribution in [1.82, 2.24) is 0 Å². The second-order valence-electron chi connectivity index (χ2n) is 3.15. The van der Waals surface area contributed by atoms with Gasteiger partial charge < -0.3 is 5.11 Å². The van der Waals surface area contributed by atoms with Gasteiger partial charge in [-0.05, 0) is 36.6 Å². The van der Waals surface area contributed by atoms with E-state index in [0.29, 0.717) is 12.0 Å². The zero-order valence-corrected chi connectivity index (χ0v) is 10.2. The third-order valence-corrected chi connectivity index (χ3v) is 2.74. The van der Waals surface area contributed by atoms with Crippen LogP contribution in [0.5, 0.6) is 5.75 Å². The van der Waals surface area contributed by atoms with E-state index < -0.39 is 3.79 Å². The lowest BCUT2D eigenvalue weighted by Crippen LogP contribution is -2.02. The second-order valence-corrected chi connectivity index (χ2v) is 5.43. The van der Waals surface area contributed by atoms with E-state index in [-0.39, 0.29) is 5.75 Å². The first kappa shape index (κ1) is 12.0. The fraction of sp³-hybridized carbons (Fsp3) is 0.400. The molecule has 0 saturated carbocycles. The summed E-state index contributed by atoms with van der Waals surface area (Å²) in [6.45, 7) is 3.73. The van der Waals surface area contributed by atoms with Gasteiger partial charge in [0.25, 0.3) is 0 Å². The molecule has 1 rings (SSSR count). The number of phenolic OH excluding ortho intramolecular Hbond substituents is 1. The van der Waals surface area contributed by atoms with E-state index in [2.05, 4.69) is 0 Å². The van der Waals surface area contributed by atoms with Crippen LogP contribution in [0.4, 0.5) is 0 Å². The molecule has 0 aromatic heterocycles. The second kappa shape index (κ2) is 4.18. The Bertz CT molecular complexity index is 342. The van der Waals surface area contributed by atoms with E-state index in [0.717, 1.165) is 11.1 Å². The Morgan fingerprint density at radius 3 is 2.29 bits per heavy atom. The average Bonchev–Trinajstić information content (AvgIpc) is 2.07. The molecule has 0 radical (unpaired) electrons. The summed E-state index contributed by atoms with van der Waals surface area (Å²) in [7, 11) is 0. The molecule has 0 heterocycles. The number of hydrogen-bond acceptors (Lipinski definition) is 1. The zero-order valence-electron chi connectivity index (χ0n) is 7.94. The highest BCUT2D eigenvalue weighted by molar-refractivity contribution is 6.66. The molecule has 0 aliphatic carbocycles. The van der Waals surface area contributed by atoms with Crippen molar-refractivity contribution in [2.75, 3.05) is 0 Å². The maximum atomic E-state index is 9.66. The number of phenols is 1. The van der Waals surface area contributed by atoms with E-state index >= 15 is 0 Å². The van der Waals surface area contributed by atoms with Crippen molar-refractivity contribution in [3.63, 3.8) is 0 Å². The van der Waals surface area contributed by atoms with Gasteiger partial charge in [0, 0.05) is 5.56 Å². The summed E-state index contributed by atoms with van der Waals surface area (Å²) in [4.78, 5) is 0. The molecule has 0 amide bonds. The molecule has 1 aromatic rings. The Labute approximate surface area is 98.6 Å². The molecule has 1 nitrogen and oxygen atoms in total. The van der Waals surface area contributed by atoms with Crippen molar-refractivity contribution < 1.29 is 5.11 Å². The molecule has 4 heteroatoms. The third kappa shape index (κ3) is 2.47. The van der Waals surface area contributed by atoms with Gasteiger partial charge in [-0.15, -0.1) is 0 Å². The van der Waals surface area contributed by atoms with Crippen LogP contribution in [0.25, 0.3) is 0 Å². The zero-order chi connectivity index (χ0) is 10.9. The summed E-state index contributed by atoms with van der Waals surface area (Å²) in [6, 6.07) is 3.40.